The van der Waals surface area contributed by atoms with Crippen molar-refractivity contribution < 1.29 is 14.3 Å². The Labute approximate surface area is 129 Å². The van der Waals surface area contributed by atoms with Gasteiger partial charge in [-0.3, -0.25) is 4.79 Å². The van der Waals surface area contributed by atoms with Crippen molar-refractivity contribution >= 4 is 17.5 Å². The molecule has 1 aromatic rings. The highest BCUT2D eigenvalue weighted by atomic mass is 35.5. The van der Waals surface area contributed by atoms with Crippen LogP contribution < -0.4 is 5.32 Å². The molecule has 21 heavy (non-hydrogen) atoms. The van der Waals surface area contributed by atoms with Gasteiger partial charge in [0.2, 0.25) is 5.91 Å². The smallest absolute Gasteiger partial charge is 0.221 e. The van der Waals surface area contributed by atoms with Crippen LogP contribution in [0.3, 0.4) is 0 Å². The number of carbonyl (C=O) groups is 1. The highest BCUT2D eigenvalue weighted by molar-refractivity contribution is 6.30. The van der Waals surface area contributed by atoms with Crippen LogP contribution in [0.4, 0.5) is 4.39 Å². The van der Waals surface area contributed by atoms with Gasteiger partial charge in [-0.15, -0.1) is 0 Å². The predicted molar refractivity (Wildman–Crippen MR) is 80.6 cm³/mol. The summed E-state index contributed by atoms with van der Waals surface area (Å²) in [6.07, 6.45) is 4.78. The van der Waals surface area contributed by atoms with Crippen LogP contribution in [-0.2, 0) is 4.79 Å². The number of hydrogen-bond acceptors (Lipinski definition) is 2. The quantitative estimate of drug-likeness (QED) is 0.872. The Bertz CT molecular complexity index is 515. The maximum atomic E-state index is 14.0. The van der Waals surface area contributed by atoms with E-state index in [1.165, 1.54) is 12.1 Å². The van der Waals surface area contributed by atoms with Crippen LogP contribution in [0.5, 0.6) is 0 Å². The molecule has 1 unspecified atom stereocenters. The molecule has 1 aliphatic rings. The van der Waals surface area contributed by atoms with E-state index in [0.29, 0.717) is 6.42 Å². The molecule has 5 heteroatoms. The van der Waals surface area contributed by atoms with Gasteiger partial charge in [-0.25, -0.2) is 4.39 Å². The summed E-state index contributed by atoms with van der Waals surface area (Å²) in [5.41, 5.74) is 0.242. The minimum Gasteiger partial charge on any atom is -0.394 e. The molecule has 1 aromatic carbocycles. The van der Waals surface area contributed by atoms with Gasteiger partial charge in [0.25, 0.3) is 0 Å². The Balaban J connectivity index is 2.05. The van der Waals surface area contributed by atoms with Crippen molar-refractivity contribution in [1.29, 1.82) is 0 Å². The van der Waals surface area contributed by atoms with Gasteiger partial charge >= 0.3 is 0 Å². The molecule has 1 fully saturated rings. The lowest BCUT2D eigenvalue weighted by Gasteiger charge is -2.25. The third-order valence-electron chi connectivity index (χ3n) is 4.27. The fraction of sp³-hybridized carbons (Fsp3) is 0.562. The van der Waals surface area contributed by atoms with E-state index < -0.39 is 11.9 Å². The van der Waals surface area contributed by atoms with Crippen molar-refractivity contribution in [3.05, 3.63) is 34.6 Å². The molecule has 1 saturated carbocycles. The maximum Gasteiger partial charge on any atom is 0.221 e. The molecule has 0 spiro atoms. The van der Waals surface area contributed by atoms with E-state index in [2.05, 4.69) is 12.2 Å². The third kappa shape index (κ3) is 3.95. The van der Waals surface area contributed by atoms with E-state index in [4.69, 9.17) is 11.6 Å². The summed E-state index contributed by atoms with van der Waals surface area (Å²) in [5, 5.41) is 12.1. The van der Waals surface area contributed by atoms with Crippen LogP contribution >= 0.6 is 11.6 Å². The maximum absolute atomic E-state index is 14.0. The molecule has 0 radical (unpaired) electrons. The number of benzene rings is 1. The van der Waals surface area contributed by atoms with Crippen LogP contribution in [0.2, 0.25) is 5.02 Å². The van der Waals surface area contributed by atoms with Gasteiger partial charge in [-0.2, -0.15) is 0 Å². The molecular weight excluding hydrogens is 293 g/mol. The largest absolute Gasteiger partial charge is 0.394 e. The average Bonchev–Trinajstić information content (AvgIpc) is 2.86. The number of aliphatic hydroxyl groups excluding tert-OH is 1. The molecule has 2 N–H and O–H groups in total. The average molecular weight is 314 g/mol. The summed E-state index contributed by atoms with van der Waals surface area (Å²) in [5.74, 6) is -0.747. The summed E-state index contributed by atoms with van der Waals surface area (Å²) in [6, 6.07) is 3.81. The predicted octanol–water partition coefficient (Wildman–Crippen LogP) is 3.60. The SMILES string of the molecule is CC1(CC(=O)NC(CO)c2cccc(Cl)c2F)CCCC1. The molecule has 3 nitrogen and oxygen atoms in total. The minimum atomic E-state index is -0.763. The summed E-state index contributed by atoms with van der Waals surface area (Å²) in [4.78, 5) is 12.2. The lowest BCUT2D eigenvalue weighted by Crippen LogP contribution is -2.34. The Morgan fingerprint density at radius 3 is 2.76 bits per heavy atom. The van der Waals surface area contributed by atoms with Crippen molar-refractivity contribution in [1.82, 2.24) is 5.32 Å². The number of halogens is 2. The molecule has 0 aliphatic heterocycles. The lowest BCUT2D eigenvalue weighted by molar-refractivity contribution is -0.124. The minimum absolute atomic E-state index is 0.0112. The van der Waals surface area contributed by atoms with E-state index in [-0.39, 0.29) is 28.5 Å². The summed E-state index contributed by atoms with van der Waals surface area (Å²) < 4.78 is 14.0. The highest BCUT2D eigenvalue weighted by Gasteiger charge is 2.32. The zero-order valence-electron chi connectivity index (χ0n) is 12.2. The summed E-state index contributed by atoms with van der Waals surface area (Å²) >= 11 is 5.74. The van der Waals surface area contributed by atoms with E-state index in [1.807, 2.05) is 0 Å². The van der Waals surface area contributed by atoms with Gasteiger partial charge < -0.3 is 10.4 Å². The summed E-state index contributed by atoms with van der Waals surface area (Å²) in [6.45, 7) is 1.74. The first-order chi connectivity index (χ1) is 9.95. The van der Waals surface area contributed by atoms with Gasteiger partial charge in [0.1, 0.15) is 5.82 Å². The van der Waals surface area contributed by atoms with Crippen LogP contribution in [0.1, 0.15) is 50.6 Å². The van der Waals surface area contributed by atoms with E-state index in [0.717, 1.165) is 25.7 Å². The second kappa shape index (κ2) is 6.75. The van der Waals surface area contributed by atoms with E-state index in [1.54, 1.807) is 6.07 Å². The second-order valence-corrected chi connectivity index (χ2v) is 6.55. The molecule has 1 atom stereocenters. The molecule has 0 heterocycles. The Morgan fingerprint density at radius 1 is 1.48 bits per heavy atom. The van der Waals surface area contributed by atoms with E-state index in [9.17, 15) is 14.3 Å². The highest BCUT2D eigenvalue weighted by Crippen LogP contribution is 2.40. The zero-order chi connectivity index (χ0) is 15.5. The molecule has 0 aromatic heterocycles. The third-order valence-corrected chi connectivity index (χ3v) is 4.56. The Hall–Kier alpha value is -1.13. The van der Waals surface area contributed by atoms with Crippen molar-refractivity contribution in [2.75, 3.05) is 6.61 Å². The number of rotatable bonds is 5. The monoisotopic (exact) mass is 313 g/mol. The van der Waals surface area contributed by atoms with Crippen molar-refractivity contribution in [3.63, 3.8) is 0 Å². The first-order valence-electron chi connectivity index (χ1n) is 7.29. The fourth-order valence-electron chi connectivity index (χ4n) is 3.05. The second-order valence-electron chi connectivity index (χ2n) is 6.14. The fourth-order valence-corrected chi connectivity index (χ4v) is 3.23. The first-order valence-corrected chi connectivity index (χ1v) is 7.67. The van der Waals surface area contributed by atoms with Gasteiger partial charge in [-0.05, 0) is 24.3 Å². The van der Waals surface area contributed by atoms with Gasteiger partial charge in [0, 0.05) is 12.0 Å². The molecule has 0 bridgehead atoms. The normalized spacial score (nSPS) is 18.5. The summed E-state index contributed by atoms with van der Waals surface area (Å²) in [7, 11) is 0. The van der Waals surface area contributed by atoms with Crippen LogP contribution in [-0.4, -0.2) is 17.6 Å². The number of amides is 1. The van der Waals surface area contributed by atoms with Crippen LogP contribution in [0.25, 0.3) is 0 Å². The number of nitrogens with one attached hydrogen (secondary N) is 1. The molecular formula is C16H21ClFNO2. The van der Waals surface area contributed by atoms with Crippen molar-refractivity contribution in [3.8, 4) is 0 Å². The zero-order valence-corrected chi connectivity index (χ0v) is 12.9. The van der Waals surface area contributed by atoms with Crippen molar-refractivity contribution in [2.45, 2.75) is 45.1 Å². The lowest BCUT2D eigenvalue weighted by atomic mass is 9.85. The molecule has 2 rings (SSSR count). The first kappa shape index (κ1) is 16.2. The van der Waals surface area contributed by atoms with Crippen molar-refractivity contribution in [2.24, 2.45) is 5.41 Å². The topological polar surface area (TPSA) is 49.3 Å². The van der Waals surface area contributed by atoms with Gasteiger partial charge in [0.15, 0.2) is 0 Å². The Morgan fingerprint density at radius 2 is 2.14 bits per heavy atom. The van der Waals surface area contributed by atoms with E-state index >= 15 is 0 Å². The van der Waals surface area contributed by atoms with Gasteiger partial charge in [-0.1, -0.05) is 43.5 Å². The standard InChI is InChI=1S/C16H21ClFNO2/c1-16(7-2-3-8-16)9-14(21)19-13(10-20)11-5-4-6-12(17)15(11)18/h4-6,13,20H,2-3,7-10H2,1H3,(H,19,21). The number of carbonyl (C=O) groups excluding carboxylic acids is 1. The number of hydrogen-bond donors (Lipinski definition) is 2. The van der Waals surface area contributed by atoms with Crippen LogP contribution in [0.15, 0.2) is 18.2 Å². The van der Waals surface area contributed by atoms with Gasteiger partial charge in [0.05, 0.1) is 17.7 Å². The Kier molecular flexibility index (Phi) is 5.22. The molecule has 1 amide bonds. The number of aliphatic hydroxyl groups is 1. The molecule has 1 aliphatic carbocycles. The van der Waals surface area contributed by atoms with Crippen LogP contribution in [0, 0.1) is 11.2 Å². The molecule has 116 valence electrons. The molecule has 0 saturated heterocycles.